The SMILES string of the molecule is CCC(CO)N(Cc1nnnn1-c1ccccc1)c1ccccc1. The number of benzene rings is 2. The molecule has 6 nitrogen and oxygen atoms in total. The Morgan fingerprint density at radius 3 is 2.33 bits per heavy atom. The molecule has 124 valence electrons. The molecule has 0 bridgehead atoms. The fourth-order valence-electron chi connectivity index (χ4n) is 2.73. The van der Waals surface area contributed by atoms with E-state index in [4.69, 9.17) is 0 Å². The van der Waals surface area contributed by atoms with Crippen molar-refractivity contribution in [2.75, 3.05) is 11.5 Å². The monoisotopic (exact) mass is 323 g/mol. The summed E-state index contributed by atoms with van der Waals surface area (Å²) >= 11 is 0. The van der Waals surface area contributed by atoms with Gasteiger partial charge in [0, 0.05) is 5.69 Å². The van der Waals surface area contributed by atoms with Gasteiger partial charge in [0.1, 0.15) is 0 Å². The molecule has 0 amide bonds. The van der Waals surface area contributed by atoms with E-state index in [2.05, 4.69) is 27.3 Å². The molecule has 0 spiro atoms. The number of rotatable bonds is 7. The van der Waals surface area contributed by atoms with Gasteiger partial charge in [-0.25, -0.2) is 0 Å². The van der Waals surface area contributed by atoms with Gasteiger partial charge in [0.25, 0.3) is 0 Å². The molecule has 1 atom stereocenters. The second kappa shape index (κ2) is 7.70. The first-order valence-corrected chi connectivity index (χ1v) is 8.08. The molecule has 1 aromatic heterocycles. The van der Waals surface area contributed by atoms with Crippen molar-refractivity contribution in [1.82, 2.24) is 20.2 Å². The van der Waals surface area contributed by atoms with Crippen LogP contribution in [0.2, 0.25) is 0 Å². The predicted molar refractivity (Wildman–Crippen MR) is 92.9 cm³/mol. The highest BCUT2D eigenvalue weighted by atomic mass is 16.3. The molecule has 2 aromatic carbocycles. The van der Waals surface area contributed by atoms with E-state index in [1.165, 1.54) is 0 Å². The van der Waals surface area contributed by atoms with Gasteiger partial charge < -0.3 is 10.0 Å². The van der Waals surface area contributed by atoms with Crippen molar-refractivity contribution < 1.29 is 5.11 Å². The Bertz CT molecular complexity index is 740. The van der Waals surface area contributed by atoms with E-state index < -0.39 is 0 Å². The second-order valence-electron chi connectivity index (χ2n) is 5.55. The number of anilines is 1. The third kappa shape index (κ3) is 3.44. The molecule has 1 N–H and O–H groups in total. The molecule has 1 heterocycles. The normalized spacial score (nSPS) is 12.1. The molecule has 6 heteroatoms. The Labute approximate surface area is 141 Å². The van der Waals surface area contributed by atoms with Gasteiger partial charge in [-0.05, 0) is 41.1 Å². The summed E-state index contributed by atoms with van der Waals surface area (Å²) in [6, 6.07) is 19.9. The summed E-state index contributed by atoms with van der Waals surface area (Å²) < 4.78 is 1.74. The number of nitrogens with zero attached hydrogens (tertiary/aromatic N) is 5. The summed E-state index contributed by atoms with van der Waals surface area (Å²) in [5.74, 6) is 0.733. The molecule has 0 aliphatic carbocycles. The summed E-state index contributed by atoms with van der Waals surface area (Å²) in [5.41, 5.74) is 1.96. The summed E-state index contributed by atoms with van der Waals surface area (Å²) in [6.45, 7) is 2.67. The van der Waals surface area contributed by atoms with E-state index in [1.807, 2.05) is 60.7 Å². The Morgan fingerprint density at radius 2 is 1.71 bits per heavy atom. The van der Waals surface area contributed by atoms with Gasteiger partial charge in [-0.15, -0.1) is 5.10 Å². The summed E-state index contributed by atoms with van der Waals surface area (Å²) in [4.78, 5) is 2.14. The van der Waals surface area contributed by atoms with Crippen LogP contribution >= 0.6 is 0 Å². The Kier molecular flexibility index (Phi) is 5.18. The smallest absolute Gasteiger partial charge is 0.175 e. The van der Waals surface area contributed by atoms with Crippen LogP contribution in [0.1, 0.15) is 19.2 Å². The topological polar surface area (TPSA) is 67.1 Å². The molecule has 3 aromatic rings. The van der Waals surface area contributed by atoms with Crippen molar-refractivity contribution >= 4 is 5.69 Å². The first-order chi connectivity index (χ1) is 11.8. The van der Waals surface area contributed by atoms with Gasteiger partial charge in [-0.2, -0.15) is 4.68 Å². The largest absolute Gasteiger partial charge is 0.394 e. The van der Waals surface area contributed by atoms with E-state index in [0.29, 0.717) is 6.54 Å². The molecule has 3 rings (SSSR count). The van der Waals surface area contributed by atoms with Crippen LogP contribution in [0.4, 0.5) is 5.69 Å². The highest BCUT2D eigenvalue weighted by Crippen LogP contribution is 2.21. The highest BCUT2D eigenvalue weighted by Gasteiger charge is 2.20. The third-order valence-electron chi connectivity index (χ3n) is 4.06. The Morgan fingerprint density at radius 1 is 1.04 bits per heavy atom. The van der Waals surface area contributed by atoms with E-state index >= 15 is 0 Å². The standard InChI is InChI=1S/C18H21N5O/c1-2-15(14-24)22(16-9-5-3-6-10-16)13-18-19-20-21-23(18)17-11-7-4-8-12-17/h3-12,15,24H,2,13-14H2,1H3. The molecule has 0 saturated carbocycles. The van der Waals surface area contributed by atoms with Crippen LogP contribution in [0.3, 0.4) is 0 Å². The van der Waals surface area contributed by atoms with Crippen molar-refractivity contribution in [2.45, 2.75) is 25.9 Å². The zero-order valence-corrected chi connectivity index (χ0v) is 13.7. The maximum Gasteiger partial charge on any atom is 0.175 e. The summed E-state index contributed by atoms with van der Waals surface area (Å²) in [6.07, 6.45) is 0.832. The number of hydrogen-bond acceptors (Lipinski definition) is 5. The highest BCUT2D eigenvalue weighted by molar-refractivity contribution is 5.47. The minimum Gasteiger partial charge on any atom is -0.394 e. The van der Waals surface area contributed by atoms with Gasteiger partial charge in [0.05, 0.1) is 24.9 Å². The molecule has 0 fully saturated rings. The van der Waals surface area contributed by atoms with E-state index in [-0.39, 0.29) is 12.6 Å². The lowest BCUT2D eigenvalue weighted by molar-refractivity contribution is 0.254. The molecule has 1 unspecified atom stereocenters. The van der Waals surface area contributed by atoms with Crippen LogP contribution in [-0.4, -0.2) is 38.0 Å². The molecular weight excluding hydrogens is 302 g/mol. The molecule has 0 aliphatic heterocycles. The van der Waals surface area contributed by atoms with Crippen LogP contribution in [-0.2, 0) is 6.54 Å². The van der Waals surface area contributed by atoms with Crippen LogP contribution in [0.25, 0.3) is 5.69 Å². The molecule has 0 aliphatic rings. The third-order valence-corrected chi connectivity index (χ3v) is 4.06. The zero-order chi connectivity index (χ0) is 16.8. The maximum atomic E-state index is 9.77. The number of tetrazole rings is 1. The molecule has 0 saturated heterocycles. The van der Waals surface area contributed by atoms with Crippen molar-refractivity contribution in [3.63, 3.8) is 0 Å². The van der Waals surface area contributed by atoms with E-state index in [9.17, 15) is 5.11 Å². The molecule has 24 heavy (non-hydrogen) atoms. The average molecular weight is 323 g/mol. The Hall–Kier alpha value is -2.73. The van der Waals surface area contributed by atoms with Gasteiger partial charge >= 0.3 is 0 Å². The molecular formula is C18H21N5O. The number of aliphatic hydroxyl groups is 1. The van der Waals surface area contributed by atoms with Gasteiger partial charge in [0.2, 0.25) is 0 Å². The zero-order valence-electron chi connectivity index (χ0n) is 13.7. The maximum absolute atomic E-state index is 9.77. The van der Waals surface area contributed by atoms with Gasteiger partial charge in [-0.3, -0.25) is 0 Å². The van der Waals surface area contributed by atoms with Gasteiger partial charge in [-0.1, -0.05) is 43.3 Å². The van der Waals surface area contributed by atoms with E-state index in [0.717, 1.165) is 23.6 Å². The van der Waals surface area contributed by atoms with Crippen LogP contribution in [0, 0.1) is 0 Å². The second-order valence-corrected chi connectivity index (χ2v) is 5.55. The predicted octanol–water partition coefficient (Wildman–Crippen LogP) is 2.44. The van der Waals surface area contributed by atoms with E-state index in [1.54, 1.807) is 4.68 Å². The first kappa shape index (κ1) is 16.1. The van der Waals surface area contributed by atoms with Gasteiger partial charge in [0.15, 0.2) is 5.82 Å². The van der Waals surface area contributed by atoms with Crippen LogP contribution in [0.15, 0.2) is 60.7 Å². The number of aliphatic hydroxyl groups excluding tert-OH is 1. The quantitative estimate of drug-likeness (QED) is 0.723. The lowest BCUT2D eigenvalue weighted by atomic mass is 10.1. The van der Waals surface area contributed by atoms with Crippen molar-refractivity contribution in [3.8, 4) is 5.69 Å². The van der Waals surface area contributed by atoms with Crippen molar-refractivity contribution in [2.24, 2.45) is 0 Å². The average Bonchev–Trinajstić information content (AvgIpc) is 3.11. The number of aromatic nitrogens is 4. The fraction of sp³-hybridized carbons (Fsp3) is 0.278. The minimum atomic E-state index is 0.00771. The summed E-state index contributed by atoms with van der Waals surface area (Å²) in [5, 5.41) is 21.9. The first-order valence-electron chi connectivity index (χ1n) is 8.08. The lowest BCUT2D eigenvalue weighted by Crippen LogP contribution is -2.38. The summed E-state index contributed by atoms with van der Waals surface area (Å²) in [7, 11) is 0. The lowest BCUT2D eigenvalue weighted by Gasteiger charge is -2.31. The van der Waals surface area contributed by atoms with Crippen molar-refractivity contribution in [3.05, 3.63) is 66.5 Å². The van der Waals surface area contributed by atoms with Crippen LogP contribution in [0.5, 0.6) is 0 Å². The fourth-order valence-corrected chi connectivity index (χ4v) is 2.73. The van der Waals surface area contributed by atoms with Crippen LogP contribution < -0.4 is 4.90 Å². The Balaban J connectivity index is 1.93. The number of hydrogen-bond donors (Lipinski definition) is 1. The minimum absolute atomic E-state index is 0.00771. The molecule has 0 radical (unpaired) electrons. The van der Waals surface area contributed by atoms with Crippen molar-refractivity contribution in [1.29, 1.82) is 0 Å². The number of para-hydroxylation sites is 2.